The molecule has 0 aliphatic carbocycles. The summed E-state index contributed by atoms with van der Waals surface area (Å²) in [6.45, 7) is 5.38. The zero-order valence-corrected chi connectivity index (χ0v) is 9.91. The average Bonchev–Trinajstić information content (AvgIpc) is 2.23. The molecule has 0 radical (unpaired) electrons. The molecule has 0 aromatic carbocycles. The van der Waals surface area contributed by atoms with Gasteiger partial charge in [0.2, 0.25) is 0 Å². The maximum Gasteiger partial charge on any atom is 0.309 e. The quantitative estimate of drug-likeness (QED) is 0.601. The molecule has 0 saturated heterocycles. The summed E-state index contributed by atoms with van der Waals surface area (Å²) in [4.78, 5) is 11.1. The van der Waals surface area contributed by atoms with Crippen molar-refractivity contribution in [3.63, 3.8) is 0 Å². The number of aliphatic carboxylic acids is 1. The molecule has 0 bridgehead atoms. The van der Waals surface area contributed by atoms with Crippen molar-refractivity contribution in [2.45, 2.75) is 33.1 Å². The Kier molecular flexibility index (Phi) is 7.34. The molecule has 0 unspecified atom stereocenters. The number of rotatable bonds is 9. The summed E-state index contributed by atoms with van der Waals surface area (Å²) >= 11 is 0. The van der Waals surface area contributed by atoms with Gasteiger partial charge >= 0.3 is 5.97 Å². The third-order valence-corrected chi connectivity index (χ3v) is 2.96. The predicted octanol–water partition coefficient (Wildman–Crippen LogP) is 1.93. The molecule has 0 rings (SSSR count). The molecule has 0 aliphatic rings. The molecule has 90 valence electrons. The van der Waals surface area contributed by atoms with Gasteiger partial charge < -0.3 is 14.6 Å². The standard InChI is InChI=1S/C11H22O4/c1-4-11(5-2,10(12)13)6-7-15-9-8-14-3/h4-9H2,1-3H3,(H,12,13). The average molecular weight is 218 g/mol. The Hall–Kier alpha value is -0.610. The lowest BCUT2D eigenvalue weighted by Gasteiger charge is -2.26. The van der Waals surface area contributed by atoms with Gasteiger partial charge in [-0.15, -0.1) is 0 Å². The van der Waals surface area contributed by atoms with Crippen molar-refractivity contribution in [3.8, 4) is 0 Å². The van der Waals surface area contributed by atoms with Gasteiger partial charge in [-0.05, 0) is 19.3 Å². The Morgan fingerprint density at radius 1 is 1.20 bits per heavy atom. The molecule has 15 heavy (non-hydrogen) atoms. The molecule has 0 fully saturated rings. The molecule has 4 nitrogen and oxygen atoms in total. The van der Waals surface area contributed by atoms with Crippen LogP contribution in [0, 0.1) is 5.41 Å². The predicted molar refractivity (Wildman–Crippen MR) is 58.0 cm³/mol. The molecule has 4 heteroatoms. The van der Waals surface area contributed by atoms with E-state index in [1.54, 1.807) is 7.11 Å². The van der Waals surface area contributed by atoms with Gasteiger partial charge in [0.25, 0.3) is 0 Å². The van der Waals surface area contributed by atoms with Crippen LogP contribution in [0.1, 0.15) is 33.1 Å². The Morgan fingerprint density at radius 3 is 2.20 bits per heavy atom. The van der Waals surface area contributed by atoms with E-state index in [1.807, 2.05) is 13.8 Å². The van der Waals surface area contributed by atoms with Crippen LogP contribution in [-0.2, 0) is 14.3 Å². The van der Waals surface area contributed by atoms with Crippen LogP contribution < -0.4 is 0 Å². The van der Waals surface area contributed by atoms with Gasteiger partial charge in [-0.25, -0.2) is 0 Å². The van der Waals surface area contributed by atoms with Crippen LogP contribution in [0.2, 0.25) is 0 Å². The normalized spacial score (nSPS) is 11.7. The second kappa shape index (κ2) is 7.65. The van der Waals surface area contributed by atoms with Crippen molar-refractivity contribution in [1.82, 2.24) is 0 Å². The first-order valence-electron chi connectivity index (χ1n) is 5.43. The summed E-state index contributed by atoms with van der Waals surface area (Å²) in [6, 6.07) is 0. The van der Waals surface area contributed by atoms with E-state index in [1.165, 1.54) is 0 Å². The Labute approximate surface area is 91.6 Å². The van der Waals surface area contributed by atoms with E-state index < -0.39 is 11.4 Å². The number of hydrogen-bond acceptors (Lipinski definition) is 3. The second-order valence-corrected chi connectivity index (χ2v) is 3.65. The van der Waals surface area contributed by atoms with E-state index in [-0.39, 0.29) is 0 Å². The van der Waals surface area contributed by atoms with Crippen LogP contribution in [-0.4, -0.2) is 38.0 Å². The first-order valence-corrected chi connectivity index (χ1v) is 5.43. The van der Waals surface area contributed by atoms with Crippen molar-refractivity contribution in [2.75, 3.05) is 26.9 Å². The van der Waals surface area contributed by atoms with E-state index in [2.05, 4.69) is 0 Å². The smallest absolute Gasteiger partial charge is 0.309 e. The van der Waals surface area contributed by atoms with Gasteiger partial charge in [0.05, 0.1) is 18.6 Å². The third kappa shape index (κ3) is 4.62. The fraction of sp³-hybridized carbons (Fsp3) is 0.909. The number of carboxylic acid groups (broad SMARTS) is 1. The minimum atomic E-state index is -0.720. The lowest BCUT2D eigenvalue weighted by Crippen LogP contribution is -2.31. The summed E-state index contributed by atoms with van der Waals surface area (Å²) in [7, 11) is 1.61. The fourth-order valence-electron chi connectivity index (χ4n) is 1.52. The summed E-state index contributed by atoms with van der Waals surface area (Å²) in [5.41, 5.74) is -0.618. The van der Waals surface area contributed by atoms with Crippen LogP contribution >= 0.6 is 0 Å². The van der Waals surface area contributed by atoms with Crippen molar-refractivity contribution in [3.05, 3.63) is 0 Å². The van der Waals surface area contributed by atoms with Gasteiger partial charge in [-0.3, -0.25) is 4.79 Å². The minimum absolute atomic E-state index is 0.483. The Morgan fingerprint density at radius 2 is 1.80 bits per heavy atom. The minimum Gasteiger partial charge on any atom is -0.481 e. The maximum atomic E-state index is 11.1. The zero-order chi connectivity index (χ0) is 11.7. The van der Waals surface area contributed by atoms with Crippen LogP contribution in [0.5, 0.6) is 0 Å². The fourth-order valence-corrected chi connectivity index (χ4v) is 1.52. The van der Waals surface area contributed by atoms with Crippen LogP contribution in [0.3, 0.4) is 0 Å². The van der Waals surface area contributed by atoms with Crippen LogP contribution in [0.15, 0.2) is 0 Å². The lowest BCUT2D eigenvalue weighted by molar-refractivity contribution is -0.150. The zero-order valence-electron chi connectivity index (χ0n) is 9.91. The summed E-state index contributed by atoms with van der Waals surface area (Å²) in [6.07, 6.45) is 1.86. The van der Waals surface area contributed by atoms with Crippen LogP contribution in [0.4, 0.5) is 0 Å². The lowest BCUT2D eigenvalue weighted by atomic mass is 9.79. The molecule has 0 heterocycles. The van der Waals surface area contributed by atoms with E-state index in [0.717, 1.165) is 0 Å². The Balaban J connectivity index is 3.91. The number of ether oxygens (including phenoxy) is 2. The van der Waals surface area contributed by atoms with Gasteiger partial charge in [-0.2, -0.15) is 0 Å². The Bertz CT molecular complexity index is 175. The highest BCUT2D eigenvalue weighted by Crippen LogP contribution is 2.30. The molecule has 0 spiro atoms. The molecule has 1 N–H and O–H groups in total. The van der Waals surface area contributed by atoms with Gasteiger partial charge in [0.1, 0.15) is 0 Å². The topological polar surface area (TPSA) is 55.8 Å². The van der Waals surface area contributed by atoms with Crippen molar-refractivity contribution >= 4 is 5.97 Å². The SMILES string of the molecule is CCC(CC)(CCOCCOC)C(=O)O. The van der Waals surface area contributed by atoms with E-state index in [0.29, 0.717) is 39.1 Å². The number of carboxylic acids is 1. The molecular formula is C11H22O4. The van der Waals surface area contributed by atoms with E-state index in [4.69, 9.17) is 14.6 Å². The third-order valence-electron chi connectivity index (χ3n) is 2.96. The maximum absolute atomic E-state index is 11.1. The molecule has 0 aromatic rings. The molecule has 0 saturated carbocycles. The molecular weight excluding hydrogens is 196 g/mol. The van der Waals surface area contributed by atoms with E-state index >= 15 is 0 Å². The molecule has 0 aromatic heterocycles. The van der Waals surface area contributed by atoms with Crippen molar-refractivity contribution in [1.29, 1.82) is 0 Å². The second-order valence-electron chi connectivity index (χ2n) is 3.65. The van der Waals surface area contributed by atoms with Crippen LogP contribution in [0.25, 0.3) is 0 Å². The molecule has 0 aliphatic heterocycles. The number of methoxy groups -OCH3 is 1. The molecule has 0 atom stereocenters. The summed E-state index contributed by atoms with van der Waals surface area (Å²) in [5, 5.41) is 9.15. The number of hydrogen-bond donors (Lipinski definition) is 1. The summed E-state index contributed by atoms with van der Waals surface area (Å²) in [5.74, 6) is -0.720. The van der Waals surface area contributed by atoms with Crippen molar-refractivity contribution < 1.29 is 19.4 Å². The first-order chi connectivity index (χ1) is 7.13. The summed E-state index contributed by atoms with van der Waals surface area (Å²) < 4.78 is 10.1. The first kappa shape index (κ1) is 14.4. The van der Waals surface area contributed by atoms with Gasteiger partial charge in [-0.1, -0.05) is 13.8 Å². The molecule has 0 amide bonds. The van der Waals surface area contributed by atoms with Gasteiger partial charge in [0, 0.05) is 13.7 Å². The highest BCUT2D eigenvalue weighted by molar-refractivity contribution is 5.74. The monoisotopic (exact) mass is 218 g/mol. The van der Waals surface area contributed by atoms with E-state index in [9.17, 15) is 4.79 Å². The highest BCUT2D eigenvalue weighted by Gasteiger charge is 2.34. The highest BCUT2D eigenvalue weighted by atomic mass is 16.5. The van der Waals surface area contributed by atoms with Crippen molar-refractivity contribution in [2.24, 2.45) is 5.41 Å². The van der Waals surface area contributed by atoms with Gasteiger partial charge in [0.15, 0.2) is 0 Å². The largest absolute Gasteiger partial charge is 0.481 e. The number of carbonyl (C=O) groups is 1.